The first-order chi connectivity index (χ1) is 13.8. The molecule has 2 heterocycles. The number of aromatic nitrogens is 2. The molecule has 0 unspecified atom stereocenters. The lowest BCUT2D eigenvalue weighted by molar-refractivity contribution is -0.114. The first-order valence-electron chi connectivity index (χ1n) is 10.1. The van der Waals surface area contributed by atoms with Gasteiger partial charge in [-0.25, -0.2) is 9.97 Å². The van der Waals surface area contributed by atoms with Crippen molar-refractivity contribution in [1.29, 1.82) is 0 Å². The summed E-state index contributed by atoms with van der Waals surface area (Å²) in [5, 5.41) is 3.02. The number of nitrogens with zero attached hydrogens (tertiary/aromatic N) is 4. The molecular weight excluding hydrogens is 362 g/mol. The van der Waals surface area contributed by atoms with E-state index in [0.717, 1.165) is 36.7 Å². The summed E-state index contributed by atoms with van der Waals surface area (Å²) in [6, 6.07) is 6.58. The third kappa shape index (κ3) is 7.74. The number of rotatable bonds is 4. The lowest BCUT2D eigenvalue weighted by Crippen LogP contribution is -2.15. The van der Waals surface area contributed by atoms with E-state index in [1.807, 2.05) is 20.9 Å². The molecule has 0 fully saturated rings. The molecule has 1 N–H and O–H groups in total. The van der Waals surface area contributed by atoms with Crippen LogP contribution in [-0.2, 0) is 11.2 Å². The number of hydrogen-bond donors (Lipinski definition) is 1. The molecule has 0 atom stereocenters. The number of fused-ring (bicyclic) bond motifs is 1. The monoisotopic (exact) mass is 397 g/mol. The lowest BCUT2D eigenvalue weighted by atomic mass is 10.1. The zero-order valence-corrected chi connectivity index (χ0v) is 18.9. The minimum Gasteiger partial charge on any atom is -0.324 e. The van der Waals surface area contributed by atoms with Crippen LogP contribution in [0.5, 0.6) is 0 Å². The number of carbonyl (C=O) groups excluding carboxylic acids is 1. The van der Waals surface area contributed by atoms with E-state index in [-0.39, 0.29) is 5.78 Å². The van der Waals surface area contributed by atoms with Gasteiger partial charge in [-0.1, -0.05) is 24.6 Å². The third-order valence-corrected chi connectivity index (χ3v) is 4.13. The van der Waals surface area contributed by atoms with Crippen molar-refractivity contribution >= 4 is 29.2 Å². The summed E-state index contributed by atoms with van der Waals surface area (Å²) in [6.07, 6.45) is 5.69. The Hall–Kier alpha value is -2.60. The SMILES string of the molecule is CC(C)=O.CC=Nc1c(C)ncnc1N1CCc2cc(C)ccc21.CCCNC. The standard InChI is InChI=1S/C16H18N4.C4H11N.C3H6O/c1-4-17-15-12(3)18-10-19-16(15)20-8-7-13-9-11(2)5-6-14(13)20;1-3-4-5-2;1-3(2)4/h4-6,9-10H,7-8H2,1-3H3;5H,3-4H2,1-2H3;1-2H3. The highest BCUT2D eigenvalue weighted by molar-refractivity contribution is 5.78. The highest BCUT2D eigenvalue weighted by Crippen LogP contribution is 2.39. The smallest absolute Gasteiger partial charge is 0.162 e. The summed E-state index contributed by atoms with van der Waals surface area (Å²) in [5.41, 5.74) is 5.70. The van der Waals surface area contributed by atoms with Crippen molar-refractivity contribution in [2.75, 3.05) is 25.0 Å². The fourth-order valence-corrected chi connectivity index (χ4v) is 2.93. The Morgan fingerprint density at radius 1 is 1.28 bits per heavy atom. The number of benzene rings is 1. The Labute approximate surface area is 175 Å². The molecular formula is C23H35N5O. The molecule has 6 heteroatoms. The van der Waals surface area contributed by atoms with Crippen LogP contribution < -0.4 is 10.2 Å². The summed E-state index contributed by atoms with van der Waals surface area (Å²) < 4.78 is 0. The van der Waals surface area contributed by atoms with Gasteiger partial charge in [-0.15, -0.1) is 0 Å². The Kier molecular flexibility index (Phi) is 10.8. The van der Waals surface area contributed by atoms with Crippen LogP contribution in [0.2, 0.25) is 0 Å². The van der Waals surface area contributed by atoms with Gasteiger partial charge in [0.1, 0.15) is 17.8 Å². The van der Waals surface area contributed by atoms with Crippen molar-refractivity contribution in [3.8, 4) is 0 Å². The minimum absolute atomic E-state index is 0.167. The number of anilines is 2. The first-order valence-corrected chi connectivity index (χ1v) is 10.1. The summed E-state index contributed by atoms with van der Waals surface area (Å²) in [5.74, 6) is 1.07. The average molecular weight is 398 g/mol. The van der Waals surface area contributed by atoms with Gasteiger partial charge in [0.2, 0.25) is 0 Å². The number of ketones is 1. The second kappa shape index (κ2) is 12.8. The fraction of sp³-hybridized carbons (Fsp3) is 0.478. The molecule has 2 aromatic rings. The van der Waals surface area contributed by atoms with E-state index in [0.29, 0.717) is 0 Å². The molecule has 0 aliphatic carbocycles. The quantitative estimate of drug-likeness (QED) is 0.756. The Morgan fingerprint density at radius 2 is 1.97 bits per heavy atom. The van der Waals surface area contributed by atoms with Crippen molar-refractivity contribution < 1.29 is 4.79 Å². The molecule has 1 aliphatic rings. The second-order valence-electron chi connectivity index (χ2n) is 7.06. The molecule has 0 amide bonds. The van der Waals surface area contributed by atoms with Crippen molar-refractivity contribution in [2.45, 2.75) is 54.4 Å². The van der Waals surface area contributed by atoms with Gasteiger partial charge in [0, 0.05) is 18.4 Å². The number of hydrogen-bond acceptors (Lipinski definition) is 6. The predicted molar refractivity (Wildman–Crippen MR) is 123 cm³/mol. The van der Waals surface area contributed by atoms with Gasteiger partial charge >= 0.3 is 0 Å². The van der Waals surface area contributed by atoms with Gasteiger partial charge in [-0.2, -0.15) is 0 Å². The van der Waals surface area contributed by atoms with Crippen LogP contribution in [0.15, 0.2) is 29.5 Å². The highest BCUT2D eigenvalue weighted by Gasteiger charge is 2.24. The maximum absolute atomic E-state index is 9.44. The van der Waals surface area contributed by atoms with Gasteiger partial charge in [0.25, 0.3) is 0 Å². The van der Waals surface area contributed by atoms with Crippen molar-refractivity contribution in [3.05, 3.63) is 41.3 Å². The molecule has 0 bridgehead atoms. The van der Waals surface area contributed by atoms with E-state index in [1.165, 1.54) is 37.1 Å². The van der Waals surface area contributed by atoms with Crippen molar-refractivity contribution in [2.24, 2.45) is 4.99 Å². The zero-order chi connectivity index (χ0) is 21.8. The Morgan fingerprint density at radius 3 is 2.52 bits per heavy atom. The van der Waals surface area contributed by atoms with Gasteiger partial charge in [0.15, 0.2) is 5.82 Å². The minimum atomic E-state index is 0.167. The van der Waals surface area contributed by atoms with E-state index in [2.05, 4.69) is 57.2 Å². The van der Waals surface area contributed by atoms with E-state index in [9.17, 15) is 4.79 Å². The highest BCUT2D eigenvalue weighted by atomic mass is 16.1. The normalized spacial score (nSPS) is 12.0. The summed E-state index contributed by atoms with van der Waals surface area (Å²) in [6.45, 7) is 13.3. The summed E-state index contributed by atoms with van der Waals surface area (Å²) in [4.78, 5) is 24.8. The topological polar surface area (TPSA) is 70.5 Å². The van der Waals surface area contributed by atoms with Gasteiger partial charge in [0.05, 0.1) is 5.69 Å². The maximum Gasteiger partial charge on any atom is 0.162 e. The fourth-order valence-electron chi connectivity index (χ4n) is 2.93. The zero-order valence-electron chi connectivity index (χ0n) is 18.9. The molecule has 0 saturated carbocycles. The number of aryl methyl sites for hydroxylation is 2. The number of aliphatic imine (C=N–C) groups is 1. The Bertz CT molecular complexity index is 811. The average Bonchev–Trinajstić information content (AvgIpc) is 3.07. The van der Waals surface area contributed by atoms with Crippen molar-refractivity contribution in [3.63, 3.8) is 0 Å². The summed E-state index contributed by atoms with van der Waals surface area (Å²) in [7, 11) is 1.96. The van der Waals surface area contributed by atoms with Crippen LogP contribution in [0.3, 0.4) is 0 Å². The van der Waals surface area contributed by atoms with Crippen LogP contribution in [0.1, 0.15) is 50.9 Å². The van der Waals surface area contributed by atoms with Gasteiger partial charge in [-0.3, -0.25) is 4.99 Å². The lowest BCUT2D eigenvalue weighted by Gasteiger charge is -2.20. The number of carbonyl (C=O) groups is 1. The molecule has 29 heavy (non-hydrogen) atoms. The van der Waals surface area contributed by atoms with Crippen LogP contribution in [-0.4, -0.2) is 42.1 Å². The molecule has 0 radical (unpaired) electrons. The molecule has 1 aliphatic heterocycles. The third-order valence-electron chi connectivity index (χ3n) is 4.13. The predicted octanol–water partition coefficient (Wildman–Crippen LogP) is 4.72. The van der Waals surface area contributed by atoms with Gasteiger partial charge < -0.3 is 15.0 Å². The largest absolute Gasteiger partial charge is 0.324 e. The van der Waals surface area contributed by atoms with Gasteiger partial charge in [-0.05, 0) is 72.7 Å². The molecule has 1 aromatic heterocycles. The Balaban J connectivity index is 0.000000396. The molecule has 158 valence electrons. The molecule has 0 saturated heterocycles. The van der Waals surface area contributed by atoms with E-state index in [1.54, 1.807) is 12.5 Å². The van der Waals surface area contributed by atoms with E-state index >= 15 is 0 Å². The second-order valence-corrected chi connectivity index (χ2v) is 7.06. The molecule has 0 spiro atoms. The van der Waals surface area contributed by atoms with Crippen LogP contribution in [0.25, 0.3) is 0 Å². The van der Waals surface area contributed by atoms with Crippen molar-refractivity contribution in [1.82, 2.24) is 15.3 Å². The van der Waals surface area contributed by atoms with Crippen LogP contribution in [0.4, 0.5) is 17.2 Å². The van der Waals surface area contributed by atoms with E-state index < -0.39 is 0 Å². The van der Waals surface area contributed by atoms with E-state index in [4.69, 9.17) is 0 Å². The molecule has 1 aromatic carbocycles. The maximum atomic E-state index is 9.44. The summed E-state index contributed by atoms with van der Waals surface area (Å²) >= 11 is 0. The first kappa shape index (κ1) is 24.4. The molecule has 6 nitrogen and oxygen atoms in total. The number of nitrogens with one attached hydrogen (secondary N) is 1. The van der Waals surface area contributed by atoms with Crippen LogP contribution >= 0.6 is 0 Å². The van der Waals surface area contributed by atoms with Crippen LogP contribution in [0, 0.1) is 13.8 Å². The number of Topliss-reactive ketones (excluding diaryl/α,β-unsaturated/α-hetero) is 1. The molecule has 3 rings (SSSR count).